The van der Waals surface area contributed by atoms with Crippen LogP contribution in [0, 0.1) is 6.92 Å². The van der Waals surface area contributed by atoms with Crippen molar-refractivity contribution in [2.75, 3.05) is 5.75 Å². The van der Waals surface area contributed by atoms with Crippen molar-refractivity contribution in [2.45, 2.75) is 69.7 Å². The Morgan fingerprint density at radius 1 is 1.17 bits per heavy atom. The van der Waals surface area contributed by atoms with Gasteiger partial charge in [0.2, 0.25) is 5.91 Å². The summed E-state index contributed by atoms with van der Waals surface area (Å²) in [6, 6.07) is 8.47. The first kappa shape index (κ1) is 17.5. The number of carbonyl (C=O) groups is 1. The Balaban J connectivity index is 1.60. The van der Waals surface area contributed by atoms with Gasteiger partial charge < -0.3 is 4.90 Å². The highest BCUT2D eigenvalue weighted by Crippen LogP contribution is 2.30. The zero-order chi connectivity index (χ0) is 17.2. The molecule has 3 rings (SSSR count). The van der Waals surface area contributed by atoms with Gasteiger partial charge in [0.05, 0.1) is 11.0 Å². The van der Waals surface area contributed by atoms with Gasteiger partial charge in [-0.15, -0.1) is 0 Å². The van der Waals surface area contributed by atoms with E-state index in [1.165, 1.54) is 5.56 Å². The number of nitrogens with zero attached hydrogens (tertiary/aromatic N) is 1. The SMILES string of the molecule is Cc1cccc(CN(C(=O)CCS(=O)(=O)C2CCCC2)C2CC2)c1. The molecule has 0 atom stereocenters. The van der Waals surface area contributed by atoms with Gasteiger partial charge in [0.1, 0.15) is 0 Å². The van der Waals surface area contributed by atoms with Gasteiger partial charge in [-0.1, -0.05) is 42.7 Å². The molecule has 2 aliphatic rings. The molecule has 132 valence electrons. The number of benzene rings is 1. The Morgan fingerprint density at radius 3 is 2.50 bits per heavy atom. The second kappa shape index (κ2) is 7.26. The monoisotopic (exact) mass is 349 g/mol. The lowest BCUT2D eigenvalue weighted by Crippen LogP contribution is -2.34. The van der Waals surface area contributed by atoms with Gasteiger partial charge in [0, 0.05) is 19.0 Å². The molecule has 0 unspecified atom stereocenters. The van der Waals surface area contributed by atoms with Crippen LogP contribution in [0.15, 0.2) is 24.3 Å². The van der Waals surface area contributed by atoms with E-state index < -0.39 is 9.84 Å². The summed E-state index contributed by atoms with van der Waals surface area (Å²) < 4.78 is 24.8. The van der Waals surface area contributed by atoms with Crippen molar-refractivity contribution in [3.63, 3.8) is 0 Å². The quantitative estimate of drug-likeness (QED) is 0.759. The minimum Gasteiger partial charge on any atom is -0.335 e. The van der Waals surface area contributed by atoms with Crippen molar-refractivity contribution in [1.82, 2.24) is 4.90 Å². The first-order valence-corrected chi connectivity index (χ1v) is 10.7. The fourth-order valence-electron chi connectivity index (χ4n) is 3.60. The first-order valence-electron chi connectivity index (χ1n) is 9.02. The third-order valence-electron chi connectivity index (χ3n) is 5.15. The van der Waals surface area contributed by atoms with E-state index in [2.05, 4.69) is 6.07 Å². The van der Waals surface area contributed by atoms with E-state index >= 15 is 0 Å². The molecule has 0 aromatic heterocycles. The van der Waals surface area contributed by atoms with Crippen LogP contribution in [0.5, 0.6) is 0 Å². The van der Waals surface area contributed by atoms with Crippen LogP contribution in [-0.4, -0.2) is 36.3 Å². The van der Waals surface area contributed by atoms with Crippen LogP contribution in [0.2, 0.25) is 0 Å². The third-order valence-corrected chi connectivity index (χ3v) is 7.41. The van der Waals surface area contributed by atoms with Gasteiger partial charge in [-0.25, -0.2) is 8.42 Å². The Labute approximate surface area is 145 Å². The zero-order valence-corrected chi connectivity index (χ0v) is 15.2. The Hall–Kier alpha value is -1.36. The Kier molecular flexibility index (Phi) is 5.28. The highest BCUT2D eigenvalue weighted by atomic mass is 32.2. The molecule has 1 aromatic carbocycles. The summed E-state index contributed by atoms with van der Waals surface area (Å²) in [4.78, 5) is 14.5. The highest BCUT2D eigenvalue weighted by molar-refractivity contribution is 7.92. The lowest BCUT2D eigenvalue weighted by atomic mass is 10.1. The average Bonchev–Trinajstić information content (AvgIpc) is 3.22. The van der Waals surface area contributed by atoms with Crippen LogP contribution in [0.3, 0.4) is 0 Å². The minimum atomic E-state index is -3.12. The summed E-state index contributed by atoms with van der Waals surface area (Å²) in [5.74, 6) is -0.00588. The van der Waals surface area contributed by atoms with Gasteiger partial charge in [-0.3, -0.25) is 4.79 Å². The number of carbonyl (C=O) groups excluding carboxylic acids is 1. The standard InChI is InChI=1S/C19H27NO3S/c1-15-5-4-6-16(13-15)14-20(17-9-10-17)19(21)11-12-24(22,23)18-7-2-3-8-18/h4-6,13,17-18H,2-3,7-12,14H2,1H3. The van der Waals surface area contributed by atoms with Gasteiger partial charge in [-0.05, 0) is 38.2 Å². The molecule has 2 aliphatic carbocycles. The lowest BCUT2D eigenvalue weighted by Gasteiger charge is -2.23. The fraction of sp³-hybridized carbons (Fsp3) is 0.632. The Bertz CT molecular complexity index is 688. The summed E-state index contributed by atoms with van der Waals surface area (Å²) in [5.41, 5.74) is 2.30. The summed E-state index contributed by atoms with van der Waals surface area (Å²) in [7, 11) is -3.12. The topological polar surface area (TPSA) is 54.5 Å². The second-order valence-electron chi connectivity index (χ2n) is 7.27. The number of rotatable bonds is 7. The van der Waals surface area contributed by atoms with Crippen LogP contribution in [0.4, 0.5) is 0 Å². The van der Waals surface area contributed by atoms with Crippen molar-refractivity contribution in [3.05, 3.63) is 35.4 Å². The van der Waals surface area contributed by atoms with Crippen molar-refractivity contribution in [1.29, 1.82) is 0 Å². The summed E-state index contributed by atoms with van der Waals surface area (Å²) in [6.07, 6.45) is 5.73. The molecule has 2 fully saturated rings. The maximum absolute atomic E-state index is 12.6. The van der Waals surface area contributed by atoms with E-state index in [1.807, 2.05) is 30.0 Å². The number of sulfone groups is 1. The molecular formula is C19H27NO3S. The van der Waals surface area contributed by atoms with Crippen LogP contribution < -0.4 is 0 Å². The van der Waals surface area contributed by atoms with Gasteiger partial charge in [0.15, 0.2) is 9.84 Å². The lowest BCUT2D eigenvalue weighted by molar-refractivity contribution is -0.132. The largest absolute Gasteiger partial charge is 0.335 e. The van der Waals surface area contributed by atoms with Gasteiger partial charge in [0.25, 0.3) is 0 Å². The second-order valence-corrected chi connectivity index (χ2v) is 9.67. The van der Waals surface area contributed by atoms with Gasteiger partial charge in [-0.2, -0.15) is 0 Å². The summed E-state index contributed by atoms with van der Waals surface area (Å²) >= 11 is 0. The minimum absolute atomic E-state index is 0.00748. The van der Waals surface area contributed by atoms with E-state index in [9.17, 15) is 13.2 Å². The van der Waals surface area contributed by atoms with Crippen LogP contribution in [0.25, 0.3) is 0 Å². The predicted molar refractivity (Wildman–Crippen MR) is 95.4 cm³/mol. The van der Waals surface area contributed by atoms with Crippen LogP contribution in [0.1, 0.15) is 56.1 Å². The molecule has 0 bridgehead atoms. The number of hydrogen-bond acceptors (Lipinski definition) is 3. The smallest absolute Gasteiger partial charge is 0.224 e. The van der Waals surface area contributed by atoms with E-state index in [4.69, 9.17) is 0 Å². The molecule has 5 heteroatoms. The maximum Gasteiger partial charge on any atom is 0.224 e. The van der Waals surface area contributed by atoms with E-state index in [0.29, 0.717) is 12.6 Å². The molecule has 0 saturated heterocycles. The van der Waals surface area contributed by atoms with E-state index in [1.54, 1.807) is 0 Å². The molecule has 0 spiro atoms. The third kappa shape index (κ3) is 4.38. The molecule has 4 nitrogen and oxygen atoms in total. The molecular weight excluding hydrogens is 322 g/mol. The summed E-state index contributed by atoms with van der Waals surface area (Å²) in [5, 5.41) is -0.212. The number of hydrogen-bond donors (Lipinski definition) is 0. The number of amides is 1. The summed E-state index contributed by atoms with van der Waals surface area (Å²) in [6.45, 7) is 2.63. The van der Waals surface area contributed by atoms with E-state index in [0.717, 1.165) is 44.1 Å². The average molecular weight is 349 g/mol. The first-order chi connectivity index (χ1) is 11.5. The molecule has 0 radical (unpaired) electrons. The van der Waals surface area contributed by atoms with Gasteiger partial charge >= 0.3 is 0 Å². The molecule has 0 heterocycles. The van der Waals surface area contributed by atoms with Crippen LogP contribution >= 0.6 is 0 Å². The molecule has 0 N–H and O–H groups in total. The molecule has 24 heavy (non-hydrogen) atoms. The Morgan fingerprint density at radius 2 is 1.88 bits per heavy atom. The van der Waals surface area contributed by atoms with Crippen molar-refractivity contribution in [3.8, 4) is 0 Å². The molecule has 1 aromatic rings. The zero-order valence-electron chi connectivity index (χ0n) is 14.4. The molecule has 0 aliphatic heterocycles. The predicted octanol–water partition coefficient (Wildman–Crippen LogP) is 3.23. The van der Waals surface area contributed by atoms with Crippen molar-refractivity contribution < 1.29 is 13.2 Å². The highest BCUT2D eigenvalue weighted by Gasteiger charge is 2.34. The normalized spacial score (nSPS) is 18.7. The van der Waals surface area contributed by atoms with Crippen molar-refractivity contribution in [2.24, 2.45) is 0 Å². The van der Waals surface area contributed by atoms with E-state index in [-0.39, 0.29) is 23.3 Å². The number of aryl methyl sites for hydroxylation is 1. The molecule has 1 amide bonds. The fourth-order valence-corrected chi connectivity index (χ4v) is 5.45. The van der Waals surface area contributed by atoms with Crippen LogP contribution in [-0.2, 0) is 21.2 Å². The maximum atomic E-state index is 12.6. The molecule has 2 saturated carbocycles. The van der Waals surface area contributed by atoms with Crippen molar-refractivity contribution >= 4 is 15.7 Å².